The third-order valence-electron chi connectivity index (χ3n) is 4.34. The van der Waals surface area contributed by atoms with Gasteiger partial charge < -0.3 is 5.32 Å². The molecule has 2 bridgehead atoms. The second kappa shape index (κ2) is 3.91. The average molecular weight is 206 g/mol. The van der Waals surface area contributed by atoms with Crippen LogP contribution in [0.5, 0.6) is 0 Å². The molecule has 0 aromatic rings. The smallest absolute Gasteiger partial charge is 0.0190 e. The van der Waals surface area contributed by atoms with Crippen LogP contribution in [0.3, 0.4) is 0 Å². The van der Waals surface area contributed by atoms with Crippen molar-refractivity contribution in [2.24, 2.45) is 5.92 Å². The van der Waals surface area contributed by atoms with Crippen molar-refractivity contribution >= 4 is 0 Å². The molecule has 3 unspecified atom stereocenters. The zero-order chi connectivity index (χ0) is 10.3. The van der Waals surface area contributed by atoms with Crippen molar-refractivity contribution in [2.45, 2.75) is 44.7 Å². The Labute approximate surface area is 92.7 Å². The van der Waals surface area contributed by atoms with Gasteiger partial charge in [0, 0.05) is 31.7 Å². The standard InChI is InChI=1S/C13H22N2/c1-10-3-2-6-15(8-10)9-11-7-12-4-5-13(11)14-12/h3,11-14H,2,4-9H2,1H3. The molecular formula is C13H22N2. The number of nitrogens with one attached hydrogen (secondary N) is 1. The van der Waals surface area contributed by atoms with E-state index in [9.17, 15) is 0 Å². The van der Waals surface area contributed by atoms with Crippen LogP contribution in [-0.2, 0) is 0 Å². The Kier molecular flexibility index (Phi) is 2.57. The van der Waals surface area contributed by atoms with Gasteiger partial charge in [-0.05, 0) is 38.5 Å². The summed E-state index contributed by atoms with van der Waals surface area (Å²) in [6, 6.07) is 1.71. The predicted octanol–water partition coefficient (Wildman–Crippen LogP) is 1.78. The molecule has 0 aliphatic carbocycles. The largest absolute Gasteiger partial charge is 0.311 e. The van der Waals surface area contributed by atoms with E-state index in [1.807, 2.05) is 0 Å². The van der Waals surface area contributed by atoms with E-state index >= 15 is 0 Å². The Morgan fingerprint density at radius 1 is 1.47 bits per heavy atom. The normalized spacial score (nSPS) is 40.9. The first-order valence-electron chi connectivity index (χ1n) is 6.45. The molecule has 84 valence electrons. The quantitative estimate of drug-likeness (QED) is 0.693. The zero-order valence-corrected chi connectivity index (χ0v) is 9.71. The minimum Gasteiger partial charge on any atom is -0.311 e. The fourth-order valence-corrected chi connectivity index (χ4v) is 3.62. The van der Waals surface area contributed by atoms with Gasteiger partial charge in [-0.3, -0.25) is 4.90 Å². The summed E-state index contributed by atoms with van der Waals surface area (Å²) in [4.78, 5) is 2.66. The Balaban J connectivity index is 1.55. The van der Waals surface area contributed by atoms with Gasteiger partial charge in [0.05, 0.1) is 0 Å². The lowest BCUT2D eigenvalue weighted by molar-refractivity contribution is 0.221. The van der Waals surface area contributed by atoms with Crippen LogP contribution in [-0.4, -0.2) is 36.6 Å². The van der Waals surface area contributed by atoms with Gasteiger partial charge >= 0.3 is 0 Å². The molecule has 3 atom stereocenters. The van der Waals surface area contributed by atoms with Gasteiger partial charge in [0.2, 0.25) is 0 Å². The molecule has 0 amide bonds. The van der Waals surface area contributed by atoms with E-state index in [-0.39, 0.29) is 0 Å². The lowest BCUT2D eigenvalue weighted by atomic mass is 9.88. The van der Waals surface area contributed by atoms with E-state index in [4.69, 9.17) is 0 Å². The maximum Gasteiger partial charge on any atom is 0.0190 e. The summed E-state index contributed by atoms with van der Waals surface area (Å²) in [7, 11) is 0. The van der Waals surface area contributed by atoms with Gasteiger partial charge in [-0.2, -0.15) is 0 Å². The van der Waals surface area contributed by atoms with Crippen molar-refractivity contribution < 1.29 is 0 Å². The molecule has 3 aliphatic rings. The molecule has 3 aliphatic heterocycles. The van der Waals surface area contributed by atoms with Gasteiger partial charge in [-0.15, -0.1) is 0 Å². The van der Waals surface area contributed by atoms with Gasteiger partial charge in [0.15, 0.2) is 0 Å². The second-order valence-electron chi connectivity index (χ2n) is 5.62. The molecule has 3 rings (SSSR count). The lowest BCUT2D eigenvalue weighted by Crippen LogP contribution is -2.37. The van der Waals surface area contributed by atoms with Crippen LogP contribution in [0.2, 0.25) is 0 Å². The number of fused-ring (bicyclic) bond motifs is 2. The fourth-order valence-electron chi connectivity index (χ4n) is 3.62. The molecule has 1 N–H and O–H groups in total. The molecule has 3 heterocycles. The molecule has 0 spiro atoms. The molecule has 2 heteroatoms. The average Bonchev–Trinajstić information content (AvgIpc) is 2.79. The first-order chi connectivity index (χ1) is 7.31. The number of hydrogen-bond donors (Lipinski definition) is 1. The molecule has 2 saturated heterocycles. The minimum atomic E-state index is 0.848. The first kappa shape index (κ1) is 9.86. The molecule has 2 nitrogen and oxygen atoms in total. The second-order valence-corrected chi connectivity index (χ2v) is 5.62. The maximum atomic E-state index is 3.74. The van der Waals surface area contributed by atoms with Crippen molar-refractivity contribution in [3.05, 3.63) is 11.6 Å². The lowest BCUT2D eigenvalue weighted by Gasteiger charge is -2.31. The van der Waals surface area contributed by atoms with Crippen LogP contribution in [0, 0.1) is 5.92 Å². The van der Waals surface area contributed by atoms with E-state index in [0.717, 1.165) is 18.0 Å². The summed E-state index contributed by atoms with van der Waals surface area (Å²) in [5, 5.41) is 3.74. The Morgan fingerprint density at radius 2 is 2.40 bits per heavy atom. The fraction of sp³-hybridized carbons (Fsp3) is 0.846. The Morgan fingerprint density at radius 3 is 3.07 bits per heavy atom. The van der Waals surface area contributed by atoms with E-state index in [0.29, 0.717) is 0 Å². The highest BCUT2D eigenvalue weighted by atomic mass is 15.1. The number of nitrogens with zero attached hydrogens (tertiary/aromatic N) is 1. The van der Waals surface area contributed by atoms with Crippen LogP contribution >= 0.6 is 0 Å². The topological polar surface area (TPSA) is 15.3 Å². The third-order valence-corrected chi connectivity index (χ3v) is 4.34. The summed E-state index contributed by atoms with van der Waals surface area (Å²) in [6.07, 6.45) is 7.96. The predicted molar refractivity (Wildman–Crippen MR) is 62.9 cm³/mol. The van der Waals surface area contributed by atoms with E-state index in [2.05, 4.69) is 23.2 Å². The van der Waals surface area contributed by atoms with Crippen LogP contribution in [0.4, 0.5) is 0 Å². The highest BCUT2D eigenvalue weighted by molar-refractivity contribution is 5.06. The monoisotopic (exact) mass is 206 g/mol. The molecule has 0 aromatic carbocycles. The highest BCUT2D eigenvalue weighted by Gasteiger charge is 2.39. The summed E-state index contributed by atoms with van der Waals surface area (Å²) in [5.74, 6) is 0.939. The Hall–Kier alpha value is -0.340. The number of rotatable bonds is 2. The highest BCUT2D eigenvalue weighted by Crippen LogP contribution is 2.33. The summed E-state index contributed by atoms with van der Waals surface area (Å²) in [6.45, 7) is 6.10. The molecule has 0 aromatic heterocycles. The SMILES string of the molecule is CC1=CCCN(CC2CC3CCC2N3)C1. The van der Waals surface area contributed by atoms with Crippen LogP contribution in [0.15, 0.2) is 11.6 Å². The molecular weight excluding hydrogens is 184 g/mol. The Bertz CT molecular complexity index is 272. The molecule has 2 fully saturated rings. The molecule has 15 heavy (non-hydrogen) atoms. The van der Waals surface area contributed by atoms with Crippen molar-refractivity contribution in [3.8, 4) is 0 Å². The van der Waals surface area contributed by atoms with E-state index in [1.54, 1.807) is 5.57 Å². The van der Waals surface area contributed by atoms with Crippen molar-refractivity contribution in [2.75, 3.05) is 19.6 Å². The summed E-state index contributed by atoms with van der Waals surface area (Å²) in [5.41, 5.74) is 1.57. The number of hydrogen-bond acceptors (Lipinski definition) is 2. The van der Waals surface area contributed by atoms with Gasteiger partial charge in [0.1, 0.15) is 0 Å². The molecule has 0 radical (unpaired) electrons. The summed E-state index contributed by atoms with van der Waals surface area (Å²) >= 11 is 0. The van der Waals surface area contributed by atoms with Crippen LogP contribution in [0.25, 0.3) is 0 Å². The maximum absolute atomic E-state index is 3.74. The zero-order valence-electron chi connectivity index (χ0n) is 9.71. The van der Waals surface area contributed by atoms with Crippen molar-refractivity contribution in [1.82, 2.24) is 10.2 Å². The van der Waals surface area contributed by atoms with Gasteiger partial charge in [-0.1, -0.05) is 11.6 Å². The van der Waals surface area contributed by atoms with Crippen molar-refractivity contribution in [1.29, 1.82) is 0 Å². The van der Waals surface area contributed by atoms with Gasteiger partial charge in [0.25, 0.3) is 0 Å². The third kappa shape index (κ3) is 1.98. The van der Waals surface area contributed by atoms with E-state index < -0.39 is 0 Å². The van der Waals surface area contributed by atoms with Crippen molar-refractivity contribution in [3.63, 3.8) is 0 Å². The first-order valence-corrected chi connectivity index (χ1v) is 6.45. The minimum absolute atomic E-state index is 0.848. The van der Waals surface area contributed by atoms with Crippen LogP contribution < -0.4 is 5.32 Å². The van der Waals surface area contributed by atoms with E-state index in [1.165, 1.54) is 45.3 Å². The van der Waals surface area contributed by atoms with Crippen LogP contribution in [0.1, 0.15) is 32.6 Å². The van der Waals surface area contributed by atoms with Gasteiger partial charge in [-0.25, -0.2) is 0 Å². The summed E-state index contributed by atoms with van der Waals surface area (Å²) < 4.78 is 0. The molecule has 0 saturated carbocycles.